The molecule has 6 nitrogen and oxygen atoms in total. The SMILES string of the molecule is CCOCC(=O)N1CCC2(CC1)OCC[C@@H]2CCOCc1ccccn1. The molecule has 6 heteroatoms. The van der Waals surface area contributed by atoms with Crippen LogP contribution in [0.4, 0.5) is 0 Å². The van der Waals surface area contributed by atoms with Crippen LogP contribution in [0, 0.1) is 5.92 Å². The number of hydrogen-bond acceptors (Lipinski definition) is 5. The van der Waals surface area contributed by atoms with Gasteiger partial charge in [-0.15, -0.1) is 0 Å². The van der Waals surface area contributed by atoms with Crippen LogP contribution < -0.4 is 0 Å². The minimum absolute atomic E-state index is 0.0727. The Hall–Kier alpha value is -1.50. The molecule has 2 aliphatic heterocycles. The first-order valence-corrected chi connectivity index (χ1v) is 9.70. The summed E-state index contributed by atoms with van der Waals surface area (Å²) < 4.78 is 17.2. The van der Waals surface area contributed by atoms with Crippen molar-refractivity contribution in [3.63, 3.8) is 0 Å². The molecule has 2 saturated heterocycles. The highest BCUT2D eigenvalue weighted by atomic mass is 16.5. The molecule has 144 valence electrons. The number of pyridine rings is 1. The lowest BCUT2D eigenvalue weighted by atomic mass is 9.78. The van der Waals surface area contributed by atoms with E-state index >= 15 is 0 Å². The fourth-order valence-corrected chi connectivity index (χ4v) is 4.05. The number of ether oxygens (including phenoxy) is 3. The summed E-state index contributed by atoms with van der Waals surface area (Å²) in [5.74, 6) is 0.602. The first-order chi connectivity index (χ1) is 12.7. The quantitative estimate of drug-likeness (QED) is 0.665. The third-order valence-electron chi connectivity index (χ3n) is 5.58. The maximum atomic E-state index is 12.1. The number of carbonyl (C=O) groups excluding carboxylic acids is 1. The number of rotatable bonds is 8. The summed E-state index contributed by atoms with van der Waals surface area (Å²) in [6, 6.07) is 5.87. The van der Waals surface area contributed by atoms with E-state index in [0.29, 0.717) is 19.1 Å². The first kappa shape index (κ1) is 19.3. The van der Waals surface area contributed by atoms with Crippen molar-refractivity contribution >= 4 is 5.91 Å². The van der Waals surface area contributed by atoms with Crippen molar-refractivity contribution in [1.82, 2.24) is 9.88 Å². The van der Waals surface area contributed by atoms with Gasteiger partial charge in [0.25, 0.3) is 0 Å². The van der Waals surface area contributed by atoms with Crippen molar-refractivity contribution in [1.29, 1.82) is 0 Å². The van der Waals surface area contributed by atoms with Gasteiger partial charge in [0.1, 0.15) is 6.61 Å². The minimum atomic E-state index is -0.0727. The highest BCUT2D eigenvalue weighted by Gasteiger charge is 2.46. The molecule has 0 aliphatic carbocycles. The van der Waals surface area contributed by atoms with Gasteiger partial charge < -0.3 is 19.1 Å². The normalized spacial score (nSPS) is 22.0. The third-order valence-corrected chi connectivity index (χ3v) is 5.58. The van der Waals surface area contributed by atoms with Crippen molar-refractivity contribution in [3.05, 3.63) is 30.1 Å². The van der Waals surface area contributed by atoms with E-state index in [1.165, 1.54) is 0 Å². The number of likely N-dealkylation sites (tertiary alicyclic amines) is 1. The standard InChI is InChI=1S/C20H30N2O4/c1-2-24-16-19(23)22-11-8-20(9-12-22)17(7-14-26-20)6-13-25-15-18-5-3-4-10-21-18/h3-5,10,17H,2,6-9,11-16H2,1H3/t17-/m0/s1. The van der Waals surface area contributed by atoms with Crippen molar-refractivity contribution in [2.45, 2.75) is 44.8 Å². The fourth-order valence-electron chi connectivity index (χ4n) is 4.05. The molecule has 2 aliphatic rings. The van der Waals surface area contributed by atoms with Crippen molar-refractivity contribution in [3.8, 4) is 0 Å². The van der Waals surface area contributed by atoms with Gasteiger partial charge >= 0.3 is 0 Å². The molecule has 0 N–H and O–H groups in total. The van der Waals surface area contributed by atoms with Crippen LogP contribution in [-0.4, -0.2) is 60.9 Å². The van der Waals surface area contributed by atoms with E-state index in [4.69, 9.17) is 14.2 Å². The molecular formula is C20H30N2O4. The summed E-state index contributed by atoms with van der Waals surface area (Å²) in [5.41, 5.74) is 0.891. The maximum Gasteiger partial charge on any atom is 0.248 e. The van der Waals surface area contributed by atoms with Gasteiger partial charge in [-0.25, -0.2) is 0 Å². The summed E-state index contributed by atoms with van der Waals surface area (Å²) in [4.78, 5) is 18.3. The predicted octanol–water partition coefficient (Wildman–Crippen LogP) is 2.42. The van der Waals surface area contributed by atoms with E-state index < -0.39 is 0 Å². The number of hydrogen-bond donors (Lipinski definition) is 0. The van der Waals surface area contributed by atoms with Gasteiger partial charge in [-0.2, -0.15) is 0 Å². The van der Waals surface area contributed by atoms with Crippen LogP contribution in [0.1, 0.15) is 38.3 Å². The Bertz CT molecular complexity index is 558. The van der Waals surface area contributed by atoms with Gasteiger partial charge in [-0.05, 0) is 50.7 Å². The van der Waals surface area contributed by atoms with E-state index in [0.717, 1.165) is 57.7 Å². The Morgan fingerprint density at radius 3 is 2.92 bits per heavy atom. The molecule has 3 heterocycles. The number of nitrogens with zero attached hydrogens (tertiary/aromatic N) is 2. The van der Waals surface area contributed by atoms with E-state index in [1.807, 2.05) is 30.0 Å². The lowest BCUT2D eigenvalue weighted by Gasteiger charge is -2.42. The molecule has 1 amide bonds. The predicted molar refractivity (Wildman–Crippen MR) is 97.6 cm³/mol. The van der Waals surface area contributed by atoms with E-state index in [1.54, 1.807) is 6.20 Å². The number of piperidine rings is 1. The summed E-state index contributed by atoms with van der Waals surface area (Å²) >= 11 is 0. The Morgan fingerprint density at radius 2 is 2.19 bits per heavy atom. The van der Waals surface area contributed by atoms with Gasteiger partial charge in [0.05, 0.1) is 17.9 Å². The molecule has 1 atom stereocenters. The highest BCUT2D eigenvalue weighted by molar-refractivity contribution is 5.77. The van der Waals surface area contributed by atoms with Crippen LogP contribution in [0.3, 0.4) is 0 Å². The number of amides is 1. The van der Waals surface area contributed by atoms with Crippen molar-refractivity contribution in [2.75, 3.05) is 39.5 Å². The monoisotopic (exact) mass is 362 g/mol. The Labute approximate surface area is 155 Å². The first-order valence-electron chi connectivity index (χ1n) is 9.70. The fraction of sp³-hybridized carbons (Fsp3) is 0.700. The van der Waals surface area contributed by atoms with Gasteiger partial charge in [0.2, 0.25) is 5.91 Å². The zero-order valence-corrected chi connectivity index (χ0v) is 15.7. The summed E-state index contributed by atoms with van der Waals surface area (Å²) in [6.07, 6.45) is 5.70. The maximum absolute atomic E-state index is 12.1. The highest BCUT2D eigenvalue weighted by Crippen LogP contribution is 2.42. The molecule has 0 bridgehead atoms. The molecule has 0 radical (unpaired) electrons. The van der Waals surface area contributed by atoms with Crippen LogP contribution in [0.25, 0.3) is 0 Å². The summed E-state index contributed by atoms with van der Waals surface area (Å²) in [5, 5.41) is 0. The smallest absolute Gasteiger partial charge is 0.248 e. The summed E-state index contributed by atoms with van der Waals surface area (Å²) in [7, 11) is 0. The second-order valence-corrected chi connectivity index (χ2v) is 7.08. The lowest BCUT2D eigenvalue weighted by Crippen LogP contribution is -2.50. The van der Waals surface area contributed by atoms with Crippen LogP contribution in [-0.2, 0) is 25.6 Å². The molecule has 3 rings (SSSR count). The van der Waals surface area contributed by atoms with Crippen molar-refractivity contribution in [2.24, 2.45) is 5.92 Å². The number of aromatic nitrogens is 1. The molecule has 26 heavy (non-hydrogen) atoms. The van der Waals surface area contributed by atoms with E-state index in [2.05, 4.69) is 4.98 Å². The molecule has 1 aromatic heterocycles. The zero-order valence-electron chi connectivity index (χ0n) is 15.7. The Kier molecular flexibility index (Phi) is 7.00. The molecule has 1 aromatic rings. The van der Waals surface area contributed by atoms with Crippen LogP contribution >= 0.6 is 0 Å². The molecule has 2 fully saturated rings. The topological polar surface area (TPSA) is 60.9 Å². The third kappa shape index (κ3) is 4.81. The molecule has 1 spiro atoms. The molecule has 0 unspecified atom stereocenters. The van der Waals surface area contributed by atoms with Gasteiger partial charge in [-0.3, -0.25) is 9.78 Å². The van der Waals surface area contributed by atoms with Gasteiger partial charge in [-0.1, -0.05) is 6.07 Å². The van der Waals surface area contributed by atoms with Crippen LogP contribution in [0.15, 0.2) is 24.4 Å². The zero-order chi connectivity index (χ0) is 18.2. The lowest BCUT2D eigenvalue weighted by molar-refractivity contribution is -0.142. The van der Waals surface area contributed by atoms with E-state index in [9.17, 15) is 4.79 Å². The second-order valence-electron chi connectivity index (χ2n) is 7.08. The molecular weight excluding hydrogens is 332 g/mol. The number of carbonyl (C=O) groups is 1. The minimum Gasteiger partial charge on any atom is -0.375 e. The molecule has 0 aromatic carbocycles. The Balaban J connectivity index is 1.42. The van der Waals surface area contributed by atoms with Crippen LogP contribution in [0.2, 0.25) is 0 Å². The van der Waals surface area contributed by atoms with Crippen LogP contribution in [0.5, 0.6) is 0 Å². The van der Waals surface area contributed by atoms with Crippen molar-refractivity contribution < 1.29 is 19.0 Å². The van der Waals surface area contributed by atoms with Gasteiger partial charge in [0, 0.05) is 39.1 Å². The largest absolute Gasteiger partial charge is 0.375 e. The second kappa shape index (κ2) is 9.44. The summed E-state index contributed by atoms with van der Waals surface area (Å²) in [6.45, 7) is 6.29. The van der Waals surface area contributed by atoms with E-state index in [-0.39, 0.29) is 18.1 Å². The average molecular weight is 362 g/mol. The Morgan fingerprint density at radius 1 is 1.35 bits per heavy atom. The molecule has 0 saturated carbocycles. The average Bonchev–Trinajstić information content (AvgIpc) is 3.06. The van der Waals surface area contributed by atoms with Gasteiger partial charge in [0.15, 0.2) is 0 Å².